The molecule has 6 heteroatoms. The summed E-state index contributed by atoms with van der Waals surface area (Å²) in [7, 11) is 1.67. The van der Waals surface area contributed by atoms with Crippen molar-refractivity contribution in [3.05, 3.63) is 59.4 Å². The Balaban J connectivity index is 1.75. The average molecular weight is 412 g/mol. The molecule has 0 aliphatic rings. The van der Waals surface area contributed by atoms with Gasteiger partial charge in [0.1, 0.15) is 5.82 Å². The Bertz CT molecular complexity index is 937. The van der Waals surface area contributed by atoms with Gasteiger partial charge in [-0.15, -0.1) is 11.8 Å². The number of aromatic nitrogens is 2. The van der Waals surface area contributed by atoms with Crippen LogP contribution < -0.4 is 4.90 Å². The zero-order chi connectivity index (χ0) is 20.8. The molecule has 1 unspecified atom stereocenters. The molecule has 154 valence electrons. The highest BCUT2D eigenvalue weighted by Gasteiger charge is 2.25. The van der Waals surface area contributed by atoms with Gasteiger partial charge in [0, 0.05) is 7.11 Å². The lowest BCUT2D eigenvalue weighted by Gasteiger charge is -2.32. The Hall–Kier alpha value is -2.31. The second-order valence-electron chi connectivity index (χ2n) is 7.20. The lowest BCUT2D eigenvalue weighted by atomic mass is 10.0. The quantitative estimate of drug-likeness (QED) is 0.553. The highest BCUT2D eigenvalue weighted by atomic mass is 32.2. The minimum absolute atomic E-state index is 0.0364. The lowest BCUT2D eigenvalue weighted by molar-refractivity contribution is -0.116. The van der Waals surface area contributed by atoms with E-state index in [1.54, 1.807) is 18.9 Å². The molecular weight excluding hydrogens is 382 g/mol. The number of imidazole rings is 1. The molecule has 1 aromatic heterocycles. The van der Waals surface area contributed by atoms with Gasteiger partial charge >= 0.3 is 0 Å². The van der Waals surface area contributed by atoms with Gasteiger partial charge < -0.3 is 14.6 Å². The van der Waals surface area contributed by atoms with Gasteiger partial charge in [-0.3, -0.25) is 4.79 Å². The number of hydrogen-bond acceptors (Lipinski definition) is 4. The zero-order valence-electron chi connectivity index (χ0n) is 17.6. The number of para-hydroxylation sites is 3. The molecule has 3 aromatic rings. The van der Waals surface area contributed by atoms with E-state index < -0.39 is 0 Å². The van der Waals surface area contributed by atoms with Crippen LogP contribution >= 0.6 is 11.8 Å². The third kappa shape index (κ3) is 5.00. The maximum absolute atomic E-state index is 13.3. The number of carbonyl (C=O) groups is 1. The lowest BCUT2D eigenvalue weighted by Crippen LogP contribution is -2.43. The Morgan fingerprint density at radius 3 is 2.76 bits per heavy atom. The van der Waals surface area contributed by atoms with Gasteiger partial charge in [0.05, 0.1) is 40.9 Å². The van der Waals surface area contributed by atoms with Gasteiger partial charge in [0.25, 0.3) is 0 Å². The van der Waals surface area contributed by atoms with Crippen LogP contribution in [0.1, 0.15) is 30.8 Å². The minimum Gasteiger partial charge on any atom is -0.383 e. The highest BCUT2D eigenvalue weighted by Crippen LogP contribution is 2.29. The van der Waals surface area contributed by atoms with Crippen molar-refractivity contribution in [3.8, 4) is 0 Å². The number of nitrogens with zero attached hydrogens (tertiary/aromatic N) is 2. The number of thioether (sulfide) groups is 1. The Morgan fingerprint density at radius 1 is 1.24 bits per heavy atom. The van der Waals surface area contributed by atoms with Crippen LogP contribution in [-0.2, 0) is 21.7 Å². The molecule has 0 fully saturated rings. The molecule has 29 heavy (non-hydrogen) atoms. The van der Waals surface area contributed by atoms with Crippen LogP contribution in [0, 0.1) is 6.92 Å². The number of H-pyrrole nitrogens is 1. The summed E-state index contributed by atoms with van der Waals surface area (Å²) < 4.78 is 5.36. The molecule has 0 radical (unpaired) electrons. The molecule has 2 aromatic carbocycles. The monoisotopic (exact) mass is 411 g/mol. The summed E-state index contributed by atoms with van der Waals surface area (Å²) in [5.41, 5.74) is 5.30. The van der Waals surface area contributed by atoms with Crippen LogP contribution in [0.4, 0.5) is 5.69 Å². The van der Waals surface area contributed by atoms with Crippen LogP contribution in [0.15, 0.2) is 42.5 Å². The van der Waals surface area contributed by atoms with Gasteiger partial charge in [-0.05, 0) is 43.5 Å². The Labute approximate surface area is 176 Å². The molecular formula is C23H29N3O2S. The van der Waals surface area contributed by atoms with Crippen molar-refractivity contribution in [3.63, 3.8) is 0 Å². The van der Waals surface area contributed by atoms with E-state index in [0.29, 0.717) is 18.1 Å². The third-order valence-corrected chi connectivity index (χ3v) is 5.89. The molecule has 1 N–H and O–H groups in total. The molecule has 0 spiro atoms. The summed E-state index contributed by atoms with van der Waals surface area (Å²) in [5.74, 6) is 2.05. The van der Waals surface area contributed by atoms with Crippen molar-refractivity contribution in [2.75, 3.05) is 24.4 Å². The maximum Gasteiger partial charge on any atom is 0.237 e. The van der Waals surface area contributed by atoms with Gasteiger partial charge in [0.15, 0.2) is 0 Å². The maximum atomic E-state index is 13.3. The fourth-order valence-electron chi connectivity index (χ4n) is 3.63. The summed E-state index contributed by atoms with van der Waals surface area (Å²) in [6, 6.07) is 14.2. The van der Waals surface area contributed by atoms with Crippen molar-refractivity contribution in [2.45, 2.75) is 39.0 Å². The number of methoxy groups -OCH3 is 1. The first-order valence-electron chi connectivity index (χ1n) is 9.96. The number of carbonyl (C=O) groups excluding carboxylic acids is 1. The molecule has 0 aliphatic carbocycles. The van der Waals surface area contributed by atoms with Crippen molar-refractivity contribution < 1.29 is 9.53 Å². The normalized spacial score (nSPS) is 12.3. The van der Waals surface area contributed by atoms with E-state index in [0.717, 1.165) is 34.5 Å². The summed E-state index contributed by atoms with van der Waals surface area (Å²) in [6.07, 6.45) is 0.882. The zero-order valence-corrected chi connectivity index (χ0v) is 18.4. The number of nitrogens with one attached hydrogen (secondary N) is 1. The molecule has 0 saturated carbocycles. The number of anilines is 1. The molecule has 0 aliphatic heterocycles. The van der Waals surface area contributed by atoms with E-state index in [9.17, 15) is 4.79 Å². The van der Waals surface area contributed by atoms with Crippen molar-refractivity contribution in [1.29, 1.82) is 0 Å². The van der Waals surface area contributed by atoms with Gasteiger partial charge in [-0.25, -0.2) is 4.98 Å². The first-order valence-corrected chi connectivity index (χ1v) is 11.1. The standard InChI is InChI=1S/C23H29N3O2S/c1-5-18-10-8-9-16(2)23(18)26(17(3)13-28-4)22(27)15-29-14-21-24-19-11-6-7-12-20(19)25-21/h6-12,17H,5,13-15H2,1-4H3,(H,24,25). The van der Waals surface area contributed by atoms with Gasteiger partial charge in [-0.1, -0.05) is 37.3 Å². The van der Waals surface area contributed by atoms with Crippen molar-refractivity contribution >= 4 is 34.4 Å². The topological polar surface area (TPSA) is 58.2 Å². The van der Waals surface area contributed by atoms with E-state index in [4.69, 9.17) is 4.74 Å². The molecule has 5 nitrogen and oxygen atoms in total. The number of rotatable bonds is 9. The van der Waals surface area contributed by atoms with Crippen LogP contribution in [0.25, 0.3) is 11.0 Å². The largest absolute Gasteiger partial charge is 0.383 e. The Kier molecular flexibility index (Phi) is 7.34. The van der Waals surface area contributed by atoms with E-state index >= 15 is 0 Å². The van der Waals surface area contributed by atoms with E-state index in [1.807, 2.05) is 36.1 Å². The molecule has 1 heterocycles. The van der Waals surface area contributed by atoms with Crippen LogP contribution in [0.3, 0.4) is 0 Å². The number of benzene rings is 2. The fourth-order valence-corrected chi connectivity index (χ4v) is 4.38. The highest BCUT2D eigenvalue weighted by molar-refractivity contribution is 7.99. The minimum atomic E-state index is -0.0364. The van der Waals surface area contributed by atoms with Crippen molar-refractivity contribution in [1.82, 2.24) is 9.97 Å². The predicted octanol–water partition coefficient (Wildman–Crippen LogP) is 4.74. The SMILES string of the molecule is CCc1cccc(C)c1N(C(=O)CSCc1nc2ccccc2[nH]1)C(C)COC. The van der Waals surface area contributed by atoms with E-state index in [1.165, 1.54) is 5.56 Å². The third-order valence-electron chi connectivity index (χ3n) is 4.96. The second kappa shape index (κ2) is 9.94. The summed E-state index contributed by atoms with van der Waals surface area (Å²) >= 11 is 1.58. The molecule has 3 rings (SSSR count). The van der Waals surface area contributed by atoms with Crippen molar-refractivity contribution in [2.24, 2.45) is 0 Å². The first kappa shape index (κ1) is 21.4. The summed E-state index contributed by atoms with van der Waals surface area (Å²) in [4.78, 5) is 23.1. The molecule has 1 atom stereocenters. The van der Waals surface area contributed by atoms with Gasteiger partial charge in [0.2, 0.25) is 5.91 Å². The fraction of sp³-hybridized carbons (Fsp3) is 0.391. The van der Waals surface area contributed by atoms with Crippen LogP contribution in [-0.4, -0.2) is 41.4 Å². The number of amides is 1. The van der Waals surface area contributed by atoms with Crippen LogP contribution in [0.5, 0.6) is 0 Å². The number of ether oxygens (including phenoxy) is 1. The second-order valence-corrected chi connectivity index (χ2v) is 8.18. The predicted molar refractivity (Wildman–Crippen MR) is 122 cm³/mol. The first-order chi connectivity index (χ1) is 14.0. The Morgan fingerprint density at radius 2 is 2.03 bits per heavy atom. The summed E-state index contributed by atoms with van der Waals surface area (Å²) in [6.45, 7) is 6.72. The number of hydrogen-bond donors (Lipinski definition) is 1. The average Bonchev–Trinajstić information content (AvgIpc) is 3.12. The smallest absolute Gasteiger partial charge is 0.237 e. The molecule has 1 amide bonds. The summed E-state index contributed by atoms with van der Waals surface area (Å²) in [5, 5.41) is 0. The number of aromatic amines is 1. The molecule has 0 saturated heterocycles. The van der Waals surface area contributed by atoms with E-state index in [-0.39, 0.29) is 11.9 Å². The number of aryl methyl sites for hydroxylation is 2. The molecule has 0 bridgehead atoms. The number of fused-ring (bicyclic) bond motifs is 1. The van der Waals surface area contributed by atoms with E-state index in [2.05, 4.69) is 42.0 Å². The van der Waals surface area contributed by atoms with Gasteiger partial charge in [-0.2, -0.15) is 0 Å². The van der Waals surface area contributed by atoms with Crippen LogP contribution in [0.2, 0.25) is 0 Å².